The largest absolute Gasteiger partial charge is 0.399 e. The molecule has 10 heteroatoms. The van der Waals surface area contributed by atoms with E-state index in [-0.39, 0.29) is 48.1 Å². The van der Waals surface area contributed by atoms with Crippen LogP contribution in [-0.2, 0) is 20.5 Å². The van der Waals surface area contributed by atoms with Crippen molar-refractivity contribution in [3.8, 4) is 0 Å². The van der Waals surface area contributed by atoms with E-state index in [2.05, 4.69) is 10.3 Å². The molecule has 3 aromatic rings. The minimum absolute atomic E-state index is 0. The van der Waals surface area contributed by atoms with Crippen molar-refractivity contribution in [2.24, 2.45) is 14.1 Å². The number of amides is 1. The van der Waals surface area contributed by atoms with Crippen molar-refractivity contribution >= 4 is 47.4 Å². The minimum Gasteiger partial charge on any atom is -0.399 e. The number of hydrogen-bond donors (Lipinski definition) is 2. The van der Waals surface area contributed by atoms with Gasteiger partial charge in [0.2, 0.25) is 0 Å². The zero-order valence-electron chi connectivity index (χ0n) is 16.5. The van der Waals surface area contributed by atoms with Gasteiger partial charge in [0.15, 0.2) is 0 Å². The Bertz CT molecular complexity index is 1240. The number of carbonyl (C=O) groups excluding carboxylic acids is 1. The van der Waals surface area contributed by atoms with Crippen LogP contribution in [0, 0.1) is 0 Å². The van der Waals surface area contributed by atoms with Crippen molar-refractivity contribution < 1.29 is 4.79 Å². The van der Waals surface area contributed by atoms with Gasteiger partial charge in [-0.1, -0.05) is 6.07 Å². The number of rotatable bonds is 2. The molecule has 2 aromatic heterocycles. The van der Waals surface area contributed by atoms with Crippen LogP contribution in [0.3, 0.4) is 0 Å². The monoisotopic (exact) mass is 451 g/mol. The first-order valence-electron chi connectivity index (χ1n) is 9.12. The van der Waals surface area contributed by atoms with Crippen molar-refractivity contribution in [1.82, 2.24) is 19.4 Å². The Morgan fingerprint density at radius 2 is 1.87 bits per heavy atom. The van der Waals surface area contributed by atoms with E-state index < -0.39 is 11.2 Å². The van der Waals surface area contributed by atoms with Gasteiger partial charge in [-0.3, -0.25) is 18.7 Å². The molecule has 1 amide bonds. The second kappa shape index (κ2) is 8.89. The summed E-state index contributed by atoms with van der Waals surface area (Å²) in [4.78, 5) is 41.5. The molecular formula is C20H23Cl2N5O3. The summed E-state index contributed by atoms with van der Waals surface area (Å²) in [6.07, 6.45) is 2.72. The normalized spacial score (nSPS) is 14.9. The number of aromatic nitrogens is 3. The highest BCUT2D eigenvalue weighted by Crippen LogP contribution is 2.31. The van der Waals surface area contributed by atoms with E-state index in [1.54, 1.807) is 0 Å². The molecule has 0 saturated carbocycles. The molecule has 8 nitrogen and oxygen atoms in total. The molecule has 2 heterocycles. The van der Waals surface area contributed by atoms with Crippen molar-refractivity contribution in [2.75, 3.05) is 5.73 Å². The Balaban J connectivity index is 0.00000160. The van der Waals surface area contributed by atoms with Crippen LogP contribution in [-0.4, -0.2) is 20.0 Å². The lowest BCUT2D eigenvalue weighted by Crippen LogP contribution is -2.37. The molecule has 4 rings (SSSR count). The molecule has 0 fully saturated rings. The number of nitrogens with zero attached hydrogens (tertiary/aromatic N) is 3. The van der Waals surface area contributed by atoms with Gasteiger partial charge in [-0.2, -0.15) is 0 Å². The van der Waals surface area contributed by atoms with Crippen molar-refractivity contribution in [3.63, 3.8) is 0 Å². The van der Waals surface area contributed by atoms with E-state index in [1.165, 1.54) is 30.8 Å². The molecule has 0 bridgehead atoms. The Morgan fingerprint density at radius 3 is 2.60 bits per heavy atom. The van der Waals surface area contributed by atoms with Crippen LogP contribution in [0.2, 0.25) is 0 Å². The Hall–Kier alpha value is -2.84. The average Bonchev–Trinajstić information content (AvgIpc) is 2.70. The van der Waals surface area contributed by atoms with Crippen LogP contribution in [0.25, 0.3) is 11.0 Å². The summed E-state index contributed by atoms with van der Waals surface area (Å²) >= 11 is 0. The minimum atomic E-state index is -0.485. The highest BCUT2D eigenvalue weighted by molar-refractivity contribution is 5.94. The third kappa shape index (κ3) is 3.93. The van der Waals surface area contributed by atoms with Crippen molar-refractivity contribution in [2.45, 2.75) is 25.3 Å². The van der Waals surface area contributed by atoms with Crippen molar-refractivity contribution in [3.05, 3.63) is 68.0 Å². The molecule has 1 aromatic carbocycles. The summed E-state index contributed by atoms with van der Waals surface area (Å²) in [5, 5.41) is 3.31. The predicted octanol–water partition coefficient (Wildman–Crippen LogP) is 1.87. The fourth-order valence-electron chi connectivity index (χ4n) is 3.80. The highest BCUT2D eigenvalue weighted by Gasteiger charge is 2.23. The molecule has 0 saturated heterocycles. The number of hydrogen-bond acceptors (Lipinski definition) is 5. The standard InChI is InChI=1S/C20H21N5O3.2ClH/c1-24-17-14(19(27)25(2)20(24)28)8-9-16(22-17)18(26)23-15-5-3-4-11-10-12(21)6-7-13(11)15;;/h6-10,15H,3-5,21H2,1-2H3,(H,23,26);2*1H. The first-order chi connectivity index (χ1) is 13.4. The van der Waals surface area contributed by atoms with E-state index >= 15 is 0 Å². The van der Waals surface area contributed by atoms with Gasteiger partial charge in [0.25, 0.3) is 11.5 Å². The zero-order chi connectivity index (χ0) is 20.0. The fraction of sp³-hybridized carbons (Fsp3) is 0.300. The molecule has 3 N–H and O–H groups in total. The van der Waals surface area contributed by atoms with E-state index in [0.29, 0.717) is 11.1 Å². The van der Waals surface area contributed by atoms with Gasteiger partial charge in [-0.05, 0) is 54.7 Å². The molecule has 160 valence electrons. The molecular weight excluding hydrogens is 429 g/mol. The Morgan fingerprint density at radius 1 is 1.13 bits per heavy atom. The van der Waals surface area contributed by atoms with E-state index in [9.17, 15) is 14.4 Å². The van der Waals surface area contributed by atoms with Gasteiger partial charge in [0.05, 0.1) is 11.4 Å². The lowest BCUT2D eigenvalue weighted by Gasteiger charge is -2.26. The van der Waals surface area contributed by atoms with E-state index in [1.807, 2.05) is 18.2 Å². The van der Waals surface area contributed by atoms with E-state index in [4.69, 9.17) is 5.73 Å². The highest BCUT2D eigenvalue weighted by atomic mass is 35.5. The average molecular weight is 452 g/mol. The third-order valence-corrected chi connectivity index (χ3v) is 5.32. The smallest absolute Gasteiger partial charge is 0.332 e. The van der Waals surface area contributed by atoms with E-state index in [0.717, 1.165) is 35.0 Å². The molecule has 1 aliphatic carbocycles. The summed E-state index contributed by atoms with van der Waals surface area (Å²) in [5.41, 5.74) is 8.23. The number of pyridine rings is 1. The molecule has 1 unspecified atom stereocenters. The van der Waals surface area contributed by atoms with Gasteiger partial charge in [0.1, 0.15) is 11.3 Å². The molecule has 0 spiro atoms. The number of nitrogens with one attached hydrogen (secondary N) is 1. The van der Waals surface area contributed by atoms with Gasteiger partial charge >= 0.3 is 5.69 Å². The van der Waals surface area contributed by atoms with Gasteiger partial charge < -0.3 is 11.1 Å². The second-order valence-corrected chi connectivity index (χ2v) is 7.15. The maximum absolute atomic E-state index is 12.8. The summed E-state index contributed by atoms with van der Waals surface area (Å²) < 4.78 is 2.29. The summed E-state index contributed by atoms with van der Waals surface area (Å²) in [6.45, 7) is 0. The first kappa shape index (κ1) is 23.4. The number of halogens is 2. The third-order valence-electron chi connectivity index (χ3n) is 5.32. The number of benzene rings is 1. The van der Waals surface area contributed by atoms with Crippen LogP contribution in [0.4, 0.5) is 5.69 Å². The Kier molecular flexibility index (Phi) is 6.95. The number of fused-ring (bicyclic) bond motifs is 2. The molecule has 0 aliphatic heterocycles. The fourth-order valence-corrected chi connectivity index (χ4v) is 3.80. The molecule has 1 atom stereocenters. The second-order valence-electron chi connectivity index (χ2n) is 7.15. The van der Waals surface area contributed by atoms with Crippen LogP contribution in [0.5, 0.6) is 0 Å². The lowest BCUT2D eigenvalue weighted by atomic mass is 9.87. The van der Waals surface area contributed by atoms with Crippen molar-refractivity contribution in [1.29, 1.82) is 0 Å². The van der Waals surface area contributed by atoms with Crippen LogP contribution < -0.4 is 22.3 Å². The maximum Gasteiger partial charge on any atom is 0.332 e. The van der Waals surface area contributed by atoms with Gasteiger partial charge in [-0.25, -0.2) is 9.78 Å². The van der Waals surface area contributed by atoms with Crippen LogP contribution >= 0.6 is 24.8 Å². The first-order valence-corrected chi connectivity index (χ1v) is 9.12. The summed E-state index contributed by atoms with van der Waals surface area (Å²) in [6, 6.07) is 8.67. The SMILES string of the molecule is Cl.Cl.Cn1c(=O)c2ccc(C(=O)NC3CCCc4cc(N)ccc43)nc2n(C)c1=O. The van der Waals surface area contributed by atoms with Crippen LogP contribution in [0.15, 0.2) is 39.9 Å². The Labute approximate surface area is 184 Å². The number of nitrogen functional groups attached to an aromatic ring is 1. The summed E-state index contributed by atoms with van der Waals surface area (Å²) in [5.74, 6) is -0.343. The number of carbonyl (C=O) groups is 1. The number of aryl methyl sites for hydroxylation is 2. The molecule has 30 heavy (non-hydrogen) atoms. The van der Waals surface area contributed by atoms with Crippen LogP contribution in [0.1, 0.15) is 40.5 Å². The predicted molar refractivity (Wildman–Crippen MR) is 121 cm³/mol. The quantitative estimate of drug-likeness (QED) is 0.577. The van der Waals surface area contributed by atoms with Gasteiger partial charge in [-0.15, -0.1) is 24.8 Å². The summed E-state index contributed by atoms with van der Waals surface area (Å²) in [7, 11) is 2.94. The zero-order valence-corrected chi connectivity index (χ0v) is 18.2. The number of nitrogens with two attached hydrogens (primary N) is 1. The topological polar surface area (TPSA) is 112 Å². The molecule has 0 radical (unpaired) electrons. The number of anilines is 1. The lowest BCUT2D eigenvalue weighted by molar-refractivity contribution is 0.0928. The molecule has 1 aliphatic rings. The van der Waals surface area contributed by atoms with Gasteiger partial charge in [0, 0.05) is 19.8 Å². The maximum atomic E-state index is 12.8.